The zero-order chi connectivity index (χ0) is 24.6. The van der Waals surface area contributed by atoms with Crippen molar-refractivity contribution in [3.05, 3.63) is 69.6 Å². The average molecular weight is 479 g/mol. The molecule has 2 fully saturated rings. The zero-order valence-corrected chi connectivity index (χ0v) is 20.8. The van der Waals surface area contributed by atoms with Crippen LogP contribution in [0.4, 0.5) is 0 Å². The van der Waals surface area contributed by atoms with Gasteiger partial charge in [0.2, 0.25) is 5.43 Å². The molecule has 0 radical (unpaired) electrons. The largest absolute Gasteiger partial charge is 0.352 e. The fourth-order valence-electron chi connectivity index (χ4n) is 5.18. The predicted octanol–water partition coefficient (Wildman–Crippen LogP) is 3.89. The van der Waals surface area contributed by atoms with E-state index in [-0.39, 0.29) is 29.1 Å². The maximum absolute atomic E-state index is 13.3. The van der Waals surface area contributed by atoms with Gasteiger partial charge in [0.25, 0.3) is 11.8 Å². The smallest absolute Gasteiger partial charge is 0.257 e. The van der Waals surface area contributed by atoms with Gasteiger partial charge in [-0.25, -0.2) is 0 Å². The highest BCUT2D eigenvalue weighted by molar-refractivity contribution is 5.99. The SMILES string of the molecule is CCCCNC(=O)c1cn(C2CCCCC2)cc(C(=O)NC2CCN(Cc3ccccc3)C2)c1=O. The molecule has 2 heterocycles. The summed E-state index contributed by atoms with van der Waals surface area (Å²) in [5, 5.41) is 5.92. The highest BCUT2D eigenvalue weighted by Crippen LogP contribution is 2.28. The Bertz CT molecular complexity index is 1060. The number of carbonyl (C=O) groups excluding carboxylic acids is 2. The Balaban J connectivity index is 1.49. The molecule has 1 unspecified atom stereocenters. The molecule has 1 atom stereocenters. The van der Waals surface area contributed by atoms with Gasteiger partial charge in [-0.15, -0.1) is 0 Å². The number of nitrogens with zero attached hydrogens (tertiary/aromatic N) is 2. The fourth-order valence-corrected chi connectivity index (χ4v) is 5.18. The maximum atomic E-state index is 13.3. The van der Waals surface area contributed by atoms with E-state index in [2.05, 4.69) is 34.6 Å². The van der Waals surface area contributed by atoms with Crippen molar-refractivity contribution in [2.75, 3.05) is 19.6 Å². The lowest BCUT2D eigenvalue weighted by Crippen LogP contribution is -2.41. The minimum atomic E-state index is -0.484. The second kappa shape index (κ2) is 12.2. The fraction of sp³-hybridized carbons (Fsp3) is 0.536. The van der Waals surface area contributed by atoms with Gasteiger partial charge in [0.15, 0.2) is 0 Å². The molecule has 7 nitrogen and oxygen atoms in total. The van der Waals surface area contributed by atoms with Gasteiger partial charge in [0.1, 0.15) is 11.1 Å². The van der Waals surface area contributed by atoms with Crippen molar-refractivity contribution in [3.63, 3.8) is 0 Å². The van der Waals surface area contributed by atoms with E-state index in [1.807, 2.05) is 22.8 Å². The van der Waals surface area contributed by atoms with Gasteiger partial charge in [0.05, 0.1) is 0 Å². The summed E-state index contributed by atoms with van der Waals surface area (Å²) >= 11 is 0. The molecule has 1 aliphatic carbocycles. The lowest BCUT2D eigenvalue weighted by molar-refractivity contribution is 0.0935. The van der Waals surface area contributed by atoms with E-state index in [9.17, 15) is 14.4 Å². The van der Waals surface area contributed by atoms with Gasteiger partial charge in [-0.2, -0.15) is 0 Å². The molecule has 7 heteroatoms. The molecule has 2 N–H and O–H groups in total. The number of unbranched alkanes of at least 4 members (excludes halogenated alkanes) is 1. The first-order valence-corrected chi connectivity index (χ1v) is 13.2. The molecule has 35 heavy (non-hydrogen) atoms. The van der Waals surface area contributed by atoms with E-state index in [1.54, 1.807) is 12.4 Å². The summed E-state index contributed by atoms with van der Waals surface area (Å²) in [4.78, 5) is 41.7. The lowest BCUT2D eigenvalue weighted by Gasteiger charge is -2.26. The topological polar surface area (TPSA) is 83.4 Å². The van der Waals surface area contributed by atoms with Crippen LogP contribution in [0.2, 0.25) is 0 Å². The van der Waals surface area contributed by atoms with Crippen molar-refractivity contribution in [2.45, 2.75) is 76.9 Å². The third-order valence-corrected chi connectivity index (χ3v) is 7.20. The molecule has 1 saturated heterocycles. The molecule has 188 valence electrons. The van der Waals surface area contributed by atoms with Crippen molar-refractivity contribution in [1.82, 2.24) is 20.1 Å². The Morgan fingerprint density at radius 1 is 0.971 bits per heavy atom. The molecule has 2 aromatic rings. The number of hydrogen-bond donors (Lipinski definition) is 2. The number of likely N-dealkylation sites (tertiary alicyclic amines) is 1. The first kappa shape index (κ1) is 25.2. The third-order valence-electron chi connectivity index (χ3n) is 7.20. The second-order valence-corrected chi connectivity index (χ2v) is 9.94. The van der Waals surface area contributed by atoms with Crippen LogP contribution in [0.25, 0.3) is 0 Å². The zero-order valence-electron chi connectivity index (χ0n) is 20.8. The van der Waals surface area contributed by atoms with Crippen molar-refractivity contribution in [3.8, 4) is 0 Å². The van der Waals surface area contributed by atoms with Gasteiger partial charge in [-0.05, 0) is 31.2 Å². The van der Waals surface area contributed by atoms with Gasteiger partial charge in [0, 0.05) is 50.7 Å². The van der Waals surface area contributed by atoms with Crippen LogP contribution < -0.4 is 16.1 Å². The van der Waals surface area contributed by atoms with Gasteiger partial charge >= 0.3 is 0 Å². The normalized spacial score (nSPS) is 18.9. The molecule has 1 aromatic carbocycles. The molecular formula is C28H38N4O3. The van der Waals surface area contributed by atoms with Crippen molar-refractivity contribution < 1.29 is 9.59 Å². The Labute approximate surface area is 207 Å². The van der Waals surface area contributed by atoms with Crippen LogP contribution in [0.5, 0.6) is 0 Å². The van der Waals surface area contributed by atoms with Crippen LogP contribution in [0.1, 0.15) is 90.6 Å². The van der Waals surface area contributed by atoms with E-state index in [0.717, 1.165) is 64.6 Å². The summed E-state index contributed by atoms with van der Waals surface area (Å²) in [6.45, 7) is 5.06. The summed E-state index contributed by atoms with van der Waals surface area (Å²) in [5.41, 5.74) is 0.899. The minimum absolute atomic E-state index is 0.0178. The van der Waals surface area contributed by atoms with Crippen molar-refractivity contribution >= 4 is 11.8 Å². The van der Waals surface area contributed by atoms with E-state index in [0.29, 0.717) is 6.54 Å². The molecule has 2 amide bonds. The number of aromatic nitrogens is 1. The summed E-state index contributed by atoms with van der Waals surface area (Å²) in [7, 11) is 0. The number of nitrogens with one attached hydrogen (secondary N) is 2. The summed E-state index contributed by atoms with van der Waals surface area (Å²) in [6, 6.07) is 10.5. The summed E-state index contributed by atoms with van der Waals surface area (Å²) in [6.07, 6.45) is 11.4. The summed E-state index contributed by atoms with van der Waals surface area (Å²) < 4.78 is 1.95. The molecule has 1 aromatic heterocycles. The van der Waals surface area contributed by atoms with Gasteiger partial charge in [-0.1, -0.05) is 62.9 Å². The van der Waals surface area contributed by atoms with Crippen LogP contribution in [0.3, 0.4) is 0 Å². The van der Waals surface area contributed by atoms with E-state index < -0.39 is 11.3 Å². The second-order valence-electron chi connectivity index (χ2n) is 9.94. The van der Waals surface area contributed by atoms with Crippen LogP contribution in [0.15, 0.2) is 47.5 Å². The number of benzene rings is 1. The first-order valence-electron chi connectivity index (χ1n) is 13.2. The van der Waals surface area contributed by atoms with Gasteiger partial charge < -0.3 is 15.2 Å². The molecule has 1 aliphatic heterocycles. The van der Waals surface area contributed by atoms with E-state index in [4.69, 9.17) is 0 Å². The van der Waals surface area contributed by atoms with E-state index >= 15 is 0 Å². The van der Waals surface area contributed by atoms with Crippen LogP contribution in [-0.2, 0) is 6.54 Å². The molecule has 2 aliphatic rings. The number of hydrogen-bond acceptors (Lipinski definition) is 4. The number of pyridine rings is 1. The van der Waals surface area contributed by atoms with Crippen molar-refractivity contribution in [1.29, 1.82) is 0 Å². The standard InChI is InChI=1S/C28H38N4O3/c1-2-3-15-29-27(34)24-19-32(23-12-8-5-9-13-23)20-25(26(24)33)28(35)30-22-14-16-31(18-22)17-21-10-6-4-7-11-21/h4,6-7,10-11,19-20,22-23H,2-3,5,8-9,12-18H2,1H3,(H,29,34)(H,30,35). The van der Waals surface area contributed by atoms with Crippen LogP contribution in [0, 0.1) is 0 Å². The molecule has 1 saturated carbocycles. The van der Waals surface area contributed by atoms with Crippen LogP contribution in [-0.4, -0.2) is 47.0 Å². The Morgan fingerprint density at radius 2 is 1.69 bits per heavy atom. The highest BCUT2D eigenvalue weighted by atomic mass is 16.2. The molecular weight excluding hydrogens is 440 g/mol. The maximum Gasteiger partial charge on any atom is 0.257 e. The molecule has 4 rings (SSSR count). The van der Waals surface area contributed by atoms with Crippen molar-refractivity contribution in [2.24, 2.45) is 0 Å². The monoisotopic (exact) mass is 478 g/mol. The first-order chi connectivity index (χ1) is 17.0. The average Bonchev–Trinajstić information content (AvgIpc) is 3.31. The predicted molar refractivity (Wildman–Crippen MR) is 138 cm³/mol. The lowest BCUT2D eigenvalue weighted by atomic mass is 9.95. The highest BCUT2D eigenvalue weighted by Gasteiger charge is 2.27. The number of amides is 2. The third kappa shape index (κ3) is 6.60. The Morgan fingerprint density at radius 3 is 2.40 bits per heavy atom. The number of carbonyl (C=O) groups is 2. The number of rotatable bonds is 9. The van der Waals surface area contributed by atoms with Crippen LogP contribution >= 0.6 is 0 Å². The Kier molecular flexibility index (Phi) is 8.74. The molecule has 0 spiro atoms. The Hall–Kier alpha value is -2.93. The minimum Gasteiger partial charge on any atom is -0.352 e. The summed E-state index contributed by atoms with van der Waals surface area (Å²) in [5.74, 6) is -0.771. The molecule has 0 bridgehead atoms. The van der Waals surface area contributed by atoms with Gasteiger partial charge in [-0.3, -0.25) is 19.3 Å². The quantitative estimate of drug-likeness (QED) is 0.536. The van der Waals surface area contributed by atoms with E-state index in [1.165, 1.54) is 12.0 Å².